The lowest BCUT2D eigenvalue weighted by atomic mass is 9.94. The average Bonchev–Trinajstić information content (AvgIpc) is 3.96. The lowest BCUT2D eigenvalue weighted by molar-refractivity contribution is 0.224. The number of hydrogen-bond donors (Lipinski definition) is 4. The standard InChI is InChI=1S/C22H25FN6O4S.C22H23FN5O4S.H3N/c1-13(2)16-10-15(23)11-17(14-5-6-25-19(9-14)32-3)20(16)27-22(30)28-34(24,31)18-12-26-29-7-4-8-33-21(18)29;1-13(2)16-10-15(23)11-17(14-5-6-24-19(9-14)31-3)20(16)26-22(29)27-33(30)18-12-25-28-7-4-8-32-21(18)28;/h5-6,9-13H,4,7-8H2,1-3H3,(H3,24,27,28,30,31);5-6,9-13H,4,7-8H2,1-3H3,(H,26,29);1H3/q;-1;. The summed E-state index contributed by atoms with van der Waals surface area (Å²) in [6.45, 7) is 9.62. The third-order valence-electron chi connectivity index (χ3n) is 10.4. The maximum absolute atomic E-state index is 14.5. The number of fused-ring (bicyclic) bond motifs is 2. The molecule has 1 unspecified atom stereocenters. The Bertz CT molecular complexity index is 3050. The van der Waals surface area contributed by atoms with E-state index in [4.69, 9.17) is 24.1 Å². The number of hydrogen-bond acceptors (Lipinski definition) is 14. The van der Waals surface area contributed by atoms with Crippen LogP contribution in [0.1, 0.15) is 63.5 Å². The molecule has 0 radical (unpaired) electrons. The predicted octanol–water partition coefficient (Wildman–Crippen LogP) is 8.83. The fourth-order valence-corrected chi connectivity index (χ4v) is 8.99. The first-order chi connectivity index (χ1) is 32.1. The van der Waals surface area contributed by atoms with Gasteiger partial charge in [-0.2, -0.15) is 10.2 Å². The number of methoxy groups -OCH3 is 2. The molecule has 2 aliphatic heterocycles. The van der Waals surface area contributed by atoms with E-state index in [2.05, 4.69) is 39.5 Å². The van der Waals surface area contributed by atoms with Crippen LogP contribution in [-0.4, -0.2) is 73.2 Å². The van der Waals surface area contributed by atoms with Crippen molar-refractivity contribution in [1.82, 2.24) is 35.7 Å². The average molecular weight is 978 g/mol. The Kier molecular flexibility index (Phi) is 16.1. The van der Waals surface area contributed by atoms with Gasteiger partial charge in [0.1, 0.15) is 16.5 Å². The monoisotopic (exact) mass is 977 g/mol. The Morgan fingerprint density at radius 3 is 1.78 bits per heavy atom. The number of aryl methyl sites for hydroxylation is 2. The minimum absolute atomic E-state index is 0. The molecule has 0 saturated heterocycles. The zero-order valence-corrected chi connectivity index (χ0v) is 39.7. The molecule has 2 aliphatic rings. The van der Waals surface area contributed by atoms with Crippen molar-refractivity contribution in [2.24, 2.45) is 13.9 Å². The Hall–Kier alpha value is -7.02. The van der Waals surface area contributed by atoms with E-state index >= 15 is 0 Å². The van der Waals surface area contributed by atoms with Crippen LogP contribution in [-0.2, 0) is 37.8 Å². The quantitative estimate of drug-likeness (QED) is 0.0935. The van der Waals surface area contributed by atoms with Gasteiger partial charge in [-0.3, -0.25) is 0 Å². The van der Waals surface area contributed by atoms with Crippen molar-refractivity contribution in [2.45, 2.75) is 75.3 Å². The number of carbonyl (C=O) groups is 2. The Morgan fingerprint density at radius 2 is 1.26 bits per heavy atom. The van der Waals surface area contributed by atoms with Crippen molar-refractivity contribution >= 4 is 43.9 Å². The summed E-state index contributed by atoms with van der Waals surface area (Å²) in [5, 5.41) is 19.6. The SMILES string of the molecule is COc1cc(-c2cc(F)cc(C(C)C)c2NC(=O)N=S(N)(=O)c2cnn3c2OCCC3)ccn1.COc1cc(-c2cc(F)cc(C(C)C)c2NC(=O)N=[S-](=O)c2cnn3c2OCCC3)ccn1.N. The molecule has 6 heterocycles. The van der Waals surface area contributed by atoms with Crippen LogP contribution in [0.3, 0.4) is 0 Å². The predicted molar refractivity (Wildman–Crippen MR) is 250 cm³/mol. The Morgan fingerprint density at radius 1 is 0.779 bits per heavy atom. The van der Waals surface area contributed by atoms with E-state index in [1.807, 2.05) is 27.7 Å². The first kappa shape index (κ1) is 50.4. The Labute approximate surface area is 393 Å². The van der Waals surface area contributed by atoms with E-state index in [1.165, 1.54) is 68.0 Å². The summed E-state index contributed by atoms with van der Waals surface area (Å²) in [6, 6.07) is 10.1. The van der Waals surface area contributed by atoms with Crippen LogP contribution in [0.15, 0.2) is 91.8 Å². The van der Waals surface area contributed by atoms with E-state index in [0.29, 0.717) is 88.7 Å². The number of pyridine rings is 2. The first-order valence-corrected chi connectivity index (χ1v) is 23.6. The van der Waals surface area contributed by atoms with E-state index in [9.17, 15) is 26.8 Å². The van der Waals surface area contributed by atoms with Crippen LogP contribution in [0.25, 0.3) is 22.3 Å². The van der Waals surface area contributed by atoms with Crippen LogP contribution in [0, 0.1) is 11.6 Å². The van der Waals surface area contributed by atoms with Gasteiger partial charge in [-0.1, -0.05) is 27.7 Å². The van der Waals surface area contributed by atoms with E-state index in [1.54, 1.807) is 28.9 Å². The summed E-state index contributed by atoms with van der Waals surface area (Å²) in [5.74, 6) is 0.0757. The van der Waals surface area contributed by atoms with Gasteiger partial charge >= 0.3 is 12.1 Å². The zero-order valence-electron chi connectivity index (χ0n) is 38.0. The second-order valence-electron chi connectivity index (χ2n) is 15.7. The van der Waals surface area contributed by atoms with Gasteiger partial charge in [-0.05, 0) is 75.4 Å². The minimum Gasteiger partial charge on any atom is -0.481 e. The maximum atomic E-state index is 14.5. The first-order valence-electron chi connectivity index (χ1n) is 20.9. The number of rotatable bonds is 10. The molecular weight excluding hydrogens is 927 g/mol. The molecular formula is C44H51F2N12O8S2-. The number of aromatic nitrogens is 6. The summed E-state index contributed by atoms with van der Waals surface area (Å²) >= 11 is 0. The summed E-state index contributed by atoms with van der Waals surface area (Å²) in [7, 11) is -2.73. The highest BCUT2D eigenvalue weighted by Gasteiger charge is 2.25. The van der Waals surface area contributed by atoms with Crippen molar-refractivity contribution in [1.29, 1.82) is 0 Å². The van der Waals surface area contributed by atoms with Crippen LogP contribution in [0.5, 0.6) is 23.5 Å². The number of halogens is 2. The molecule has 0 spiro atoms. The molecule has 0 aliphatic carbocycles. The van der Waals surface area contributed by atoms with Crippen LogP contribution < -0.4 is 40.9 Å². The Balaban J connectivity index is 0.000000221. The fraction of sp³-hybridized carbons (Fsp3) is 0.318. The molecule has 0 saturated carbocycles. The zero-order chi connectivity index (χ0) is 48.0. The molecule has 0 fully saturated rings. The van der Waals surface area contributed by atoms with Crippen molar-refractivity contribution in [3.05, 3.63) is 96.1 Å². The number of nitrogens with zero attached hydrogens (tertiary/aromatic N) is 8. The molecule has 24 heteroatoms. The topological polar surface area (TPSA) is 276 Å². The fourth-order valence-electron chi connectivity index (χ4n) is 7.24. The summed E-state index contributed by atoms with van der Waals surface area (Å²) in [5.41, 5.74) is 3.78. The highest BCUT2D eigenvalue weighted by Crippen LogP contribution is 2.39. The number of anilines is 2. The third-order valence-corrected chi connectivity index (χ3v) is 12.7. The van der Waals surface area contributed by atoms with E-state index in [-0.39, 0.29) is 33.7 Å². The summed E-state index contributed by atoms with van der Waals surface area (Å²) in [4.78, 5) is 34.1. The minimum atomic E-state index is -3.66. The number of urea groups is 2. The highest BCUT2D eigenvalue weighted by atomic mass is 32.2. The molecule has 7 N–H and O–H groups in total. The van der Waals surface area contributed by atoms with Gasteiger partial charge in [-0.25, -0.2) is 47.0 Å². The molecule has 362 valence electrons. The van der Waals surface area contributed by atoms with Crippen LogP contribution in [0.4, 0.5) is 29.7 Å². The number of nitrogens with two attached hydrogens (primary N) is 1. The van der Waals surface area contributed by atoms with Gasteiger partial charge in [-0.15, -0.1) is 15.0 Å². The van der Waals surface area contributed by atoms with Gasteiger partial charge in [0.15, 0.2) is 15.8 Å². The number of ether oxygens (including phenoxy) is 4. The molecule has 8 rings (SSSR count). The number of benzene rings is 2. The van der Waals surface area contributed by atoms with Crippen molar-refractivity contribution < 1.29 is 45.7 Å². The lowest BCUT2D eigenvalue weighted by Gasteiger charge is -2.19. The smallest absolute Gasteiger partial charge is 0.354 e. The van der Waals surface area contributed by atoms with E-state index in [0.717, 1.165) is 12.8 Å². The van der Waals surface area contributed by atoms with Gasteiger partial charge in [0.05, 0.1) is 45.0 Å². The molecule has 1 atom stereocenters. The summed E-state index contributed by atoms with van der Waals surface area (Å²) < 4.78 is 87.0. The van der Waals surface area contributed by atoms with Gasteiger partial charge in [0, 0.05) is 67.8 Å². The van der Waals surface area contributed by atoms with Crippen LogP contribution >= 0.6 is 0 Å². The van der Waals surface area contributed by atoms with Crippen LogP contribution in [0.2, 0.25) is 0 Å². The maximum Gasteiger partial charge on any atom is 0.354 e. The third kappa shape index (κ3) is 11.4. The molecule has 0 bridgehead atoms. The van der Waals surface area contributed by atoms with Crippen molar-refractivity contribution in [3.8, 4) is 45.8 Å². The number of amides is 4. The van der Waals surface area contributed by atoms with E-state index < -0.39 is 44.2 Å². The highest BCUT2D eigenvalue weighted by molar-refractivity contribution is 7.91. The molecule has 6 aromatic rings. The summed E-state index contributed by atoms with van der Waals surface area (Å²) in [6.07, 6.45) is 7.28. The second kappa shape index (κ2) is 21.7. The molecule has 20 nitrogen and oxygen atoms in total. The molecule has 2 aromatic carbocycles. The van der Waals surface area contributed by atoms with Crippen molar-refractivity contribution in [2.75, 3.05) is 38.1 Å². The lowest BCUT2D eigenvalue weighted by Crippen LogP contribution is -2.21. The molecule has 4 amide bonds. The number of carbonyl (C=O) groups excluding carboxylic acids is 2. The second-order valence-corrected chi connectivity index (χ2v) is 18.5. The number of nitrogens with one attached hydrogen (secondary N) is 2. The van der Waals surface area contributed by atoms with Gasteiger partial charge in [0.2, 0.25) is 17.6 Å². The largest absolute Gasteiger partial charge is 0.481 e. The van der Waals surface area contributed by atoms with Gasteiger partial charge < -0.3 is 44.3 Å². The van der Waals surface area contributed by atoms with Gasteiger partial charge in [0.25, 0.3) is 0 Å². The van der Waals surface area contributed by atoms with Crippen molar-refractivity contribution in [3.63, 3.8) is 0 Å². The molecule has 4 aromatic heterocycles. The normalized spacial score (nSPS) is 14.1. The molecule has 68 heavy (non-hydrogen) atoms.